The third-order valence-electron chi connectivity index (χ3n) is 3.41. The van der Waals surface area contributed by atoms with Gasteiger partial charge in [0.1, 0.15) is 0 Å². The fraction of sp³-hybridized carbons (Fsp3) is 0.474. The van der Waals surface area contributed by atoms with Crippen LogP contribution in [0.3, 0.4) is 0 Å². The third-order valence-corrected chi connectivity index (χ3v) is 3.66. The maximum Gasteiger partial charge on any atom is 0.307 e. The highest BCUT2D eigenvalue weighted by atomic mass is 35.5. The van der Waals surface area contributed by atoms with Crippen LogP contribution in [-0.2, 0) is 19.1 Å². The van der Waals surface area contributed by atoms with Gasteiger partial charge in [-0.15, -0.1) is 0 Å². The van der Waals surface area contributed by atoms with Crippen LogP contribution < -0.4 is 0 Å². The Morgan fingerprint density at radius 3 is 2.48 bits per heavy atom. The lowest BCUT2D eigenvalue weighted by molar-refractivity contribution is -0.143. The van der Waals surface area contributed by atoms with Gasteiger partial charge in [-0.05, 0) is 44.0 Å². The summed E-state index contributed by atoms with van der Waals surface area (Å²) in [7, 11) is 0. The van der Waals surface area contributed by atoms with Gasteiger partial charge in [-0.1, -0.05) is 23.7 Å². The molecule has 0 aromatic heterocycles. The van der Waals surface area contributed by atoms with Crippen LogP contribution in [0.5, 0.6) is 0 Å². The van der Waals surface area contributed by atoms with E-state index in [-0.39, 0.29) is 18.3 Å². The molecule has 1 rings (SSSR count). The molecule has 0 saturated heterocycles. The van der Waals surface area contributed by atoms with Gasteiger partial charge in [-0.2, -0.15) is 0 Å². The zero-order valence-electron chi connectivity index (χ0n) is 14.9. The Kier molecular flexibility index (Phi) is 10.6. The number of hydrogen-bond acceptors (Lipinski definition) is 4. The van der Waals surface area contributed by atoms with Crippen LogP contribution in [0.15, 0.2) is 30.3 Å². The zero-order chi connectivity index (χ0) is 18.5. The normalized spacial score (nSPS) is 10.8. The van der Waals surface area contributed by atoms with E-state index in [2.05, 4.69) is 0 Å². The average molecular weight is 368 g/mol. The van der Waals surface area contributed by atoms with Gasteiger partial charge >= 0.3 is 5.97 Å². The van der Waals surface area contributed by atoms with Gasteiger partial charge in [0.25, 0.3) is 0 Å². The number of amides is 1. The molecule has 1 aromatic carbocycles. The van der Waals surface area contributed by atoms with Crippen molar-refractivity contribution in [2.24, 2.45) is 0 Å². The molecular weight excluding hydrogens is 342 g/mol. The first-order chi connectivity index (χ1) is 12.1. The summed E-state index contributed by atoms with van der Waals surface area (Å²) >= 11 is 5.85. The maximum absolute atomic E-state index is 12.4. The Labute approximate surface area is 154 Å². The molecular formula is C19H26ClNO4. The lowest BCUT2D eigenvalue weighted by Crippen LogP contribution is -2.33. The van der Waals surface area contributed by atoms with E-state index in [0.29, 0.717) is 37.9 Å². The van der Waals surface area contributed by atoms with Gasteiger partial charge in [0, 0.05) is 37.4 Å². The Bertz CT molecular complexity index is 557. The summed E-state index contributed by atoms with van der Waals surface area (Å²) in [5.74, 6) is -0.442. The fourth-order valence-electron chi connectivity index (χ4n) is 2.14. The molecule has 0 spiro atoms. The average Bonchev–Trinajstić information content (AvgIpc) is 2.60. The monoisotopic (exact) mass is 367 g/mol. The quantitative estimate of drug-likeness (QED) is 0.341. The topological polar surface area (TPSA) is 55.8 Å². The lowest BCUT2D eigenvalue weighted by atomic mass is 10.2. The fourth-order valence-corrected chi connectivity index (χ4v) is 2.27. The second-order valence-corrected chi connectivity index (χ2v) is 5.75. The van der Waals surface area contributed by atoms with Gasteiger partial charge < -0.3 is 14.4 Å². The van der Waals surface area contributed by atoms with E-state index in [9.17, 15) is 9.59 Å². The number of hydrogen-bond donors (Lipinski definition) is 0. The number of nitrogens with zero attached hydrogens (tertiary/aromatic N) is 1. The van der Waals surface area contributed by atoms with Gasteiger partial charge in [0.05, 0.1) is 13.0 Å². The summed E-state index contributed by atoms with van der Waals surface area (Å²) in [5, 5.41) is 0.649. The molecule has 0 bridgehead atoms. The molecule has 0 aliphatic rings. The molecule has 25 heavy (non-hydrogen) atoms. The van der Waals surface area contributed by atoms with Crippen LogP contribution in [0.25, 0.3) is 6.08 Å². The van der Waals surface area contributed by atoms with Crippen molar-refractivity contribution in [3.63, 3.8) is 0 Å². The third kappa shape index (κ3) is 9.27. The molecule has 0 aliphatic heterocycles. The molecule has 6 heteroatoms. The molecule has 1 aromatic rings. The number of carbonyl (C=O) groups excluding carboxylic acids is 2. The standard InChI is InChI=1S/C19H26ClNO4/c1-3-24-15-5-13-21(14-12-19(23)25-4-2)18(22)11-8-16-6-9-17(20)10-7-16/h6-11H,3-5,12-15H2,1-2H3/b11-8+. The number of carbonyl (C=O) groups is 2. The summed E-state index contributed by atoms with van der Waals surface area (Å²) in [4.78, 5) is 25.6. The van der Waals surface area contributed by atoms with Crippen molar-refractivity contribution >= 4 is 29.6 Å². The van der Waals surface area contributed by atoms with Crippen LogP contribution in [0.1, 0.15) is 32.3 Å². The SMILES string of the molecule is CCOCCCN(CCC(=O)OCC)C(=O)/C=C/c1ccc(Cl)cc1. The van der Waals surface area contributed by atoms with Crippen LogP contribution in [0.2, 0.25) is 5.02 Å². The molecule has 0 aliphatic carbocycles. The minimum atomic E-state index is -0.299. The van der Waals surface area contributed by atoms with Crippen molar-refractivity contribution in [1.82, 2.24) is 4.90 Å². The van der Waals surface area contributed by atoms with Crippen molar-refractivity contribution in [3.8, 4) is 0 Å². The smallest absolute Gasteiger partial charge is 0.307 e. The van der Waals surface area contributed by atoms with Crippen molar-refractivity contribution in [1.29, 1.82) is 0 Å². The predicted octanol–water partition coefficient (Wildman–Crippen LogP) is 3.56. The zero-order valence-corrected chi connectivity index (χ0v) is 15.6. The molecule has 0 unspecified atom stereocenters. The Morgan fingerprint density at radius 2 is 1.84 bits per heavy atom. The van der Waals surface area contributed by atoms with Crippen LogP contribution >= 0.6 is 11.6 Å². The number of ether oxygens (including phenoxy) is 2. The first-order valence-corrected chi connectivity index (χ1v) is 8.90. The van der Waals surface area contributed by atoms with Crippen molar-refractivity contribution < 1.29 is 19.1 Å². The maximum atomic E-state index is 12.4. The predicted molar refractivity (Wildman–Crippen MR) is 99.4 cm³/mol. The molecule has 0 N–H and O–H groups in total. The minimum absolute atomic E-state index is 0.143. The van der Waals surface area contributed by atoms with E-state index in [0.717, 1.165) is 12.0 Å². The number of esters is 1. The van der Waals surface area contributed by atoms with Gasteiger partial charge in [-0.25, -0.2) is 0 Å². The van der Waals surface area contributed by atoms with E-state index in [1.165, 1.54) is 6.08 Å². The number of halogens is 1. The van der Waals surface area contributed by atoms with E-state index >= 15 is 0 Å². The number of benzene rings is 1. The molecule has 1 amide bonds. The van der Waals surface area contributed by atoms with E-state index in [4.69, 9.17) is 21.1 Å². The van der Waals surface area contributed by atoms with E-state index < -0.39 is 0 Å². The van der Waals surface area contributed by atoms with Crippen molar-refractivity contribution in [3.05, 3.63) is 40.9 Å². The Balaban J connectivity index is 2.62. The van der Waals surface area contributed by atoms with Crippen molar-refractivity contribution in [2.45, 2.75) is 26.7 Å². The minimum Gasteiger partial charge on any atom is -0.466 e. The Hall–Kier alpha value is -1.85. The molecule has 0 heterocycles. The molecule has 0 atom stereocenters. The molecule has 0 saturated carbocycles. The van der Waals surface area contributed by atoms with Gasteiger partial charge in [0.15, 0.2) is 0 Å². The molecule has 5 nitrogen and oxygen atoms in total. The van der Waals surface area contributed by atoms with Crippen LogP contribution in [0.4, 0.5) is 0 Å². The molecule has 0 radical (unpaired) electrons. The first-order valence-electron chi connectivity index (χ1n) is 8.52. The highest BCUT2D eigenvalue weighted by Crippen LogP contribution is 2.11. The van der Waals surface area contributed by atoms with Crippen molar-refractivity contribution in [2.75, 3.05) is 32.9 Å². The van der Waals surface area contributed by atoms with Crippen LogP contribution in [-0.4, -0.2) is 49.7 Å². The lowest BCUT2D eigenvalue weighted by Gasteiger charge is -2.20. The highest BCUT2D eigenvalue weighted by molar-refractivity contribution is 6.30. The van der Waals surface area contributed by atoms with Gasteiger partial charge in [-0.3, -0.25) is 9.59 Å². The summed E-state index contributed by atoms with van der Waals surface area (Å²) in [6.45, 7) is 6.12. The summed E-state index contributed by atoms with van der Waals surface area (Å²) < 4.78 is 10.2. The molecule has 0 fully saturated rings. The first kappa shape index (κ1) is 21.2. The van der Waals surface area contributed by atoms with E-state index in [1.807, 2.05) is 19.1 Å². The Morgan fingerprint density at radius 1 is 1.12 bits per heavy atom. The van der Waals surface area contributed by atoms with Crippen LogP contribution in [0, 0.1) is 0 Å². The highest BCUT2D eigenvalue weighted by Gasteiger charge is 2.13. The second kappa shape index (κ2) is 12.5. The largest absolute Gasteiger partial charge is 0.466 e. The molecule has 138 valence electrons. The summed E-state index contributed by atoms with van der Waals surface area (Å²) in [5.41, 5.74) is 0.886. The number of rotatable bonds is 11. The second-order valence-electron chi connectivity index (χ2n) is 5.32. The van der Waals surface area contributed by atoms with E-state index in [1.54, 1.807) is 30.0 Å². The summed E-state index contributed by atoms with van der Waals surface area (Å²) in [6.07, 6.45) is 4.15. The van der Waals surface area contributed by atoms with Gasteiger partial charge in [0.2, 0.25) is 5.91 Å². The summed E-state index contributed by atoms with van der Waals surface area (Å²) in [6, 6.07) is 7.22.